The van der Waals surface area contributed by atoms with Gasteiger partial charge in [0.1, 0.15) is 5.75 Å². The number of methoxy groups -OCH3 is 1. The van der Waals surface area contributed by atoms with Crippen molar-refractivity contribution in [3.63, 3.8) is 0 Å². The maximum atomic E-state index is 12.9. The first kappa shape index (κ1) is 22.1. The zero-order chi connectivity index (χ0) is 21.7. The summed E-state index contributed by atoms with van der Waals surface area (Å²) < 4.78 is 6.77. The van der Waals surface area contributed by atoms with E-state index in [0.717, 1.165) is 0 Å². The standard InChI is InChI=1S/C21H22ClN3O4S/c1-13(19(27)23-17-12-14(22)8-9-18(17)29-2)30-21-24-16-7-4-3-6-15(16)20(28)25(21)10-5-11-26/h3-4,6-9,12-13,26H,5,10-11H2,1-2H3,(H,23,27)/t13-/m0/s1. The van der Waals surface area contributed by atoms with Crippen molar-refractivity contribution in [2.75, 3.05) is 19.0 Å². The van der Waals surface area contributed by atoms with Crippen molar-refractivity contribution in [1.82, 2.24) is 9.55 Å². The Balaban J connectivity index is 1.88. The van der Waals surface area contributed by atoms with Gasteiger partial charge < -0.3 is 15.2 Å². The highest BCUT2D eigenvalue weighted by molar-refractivity contribution is 8.00. The number of aliphatic hydroxyl groups is 1. The molecule has 7 nitrogen and oxygen atoms in total. The first-order chi connectivity index (χ1) is 14.4. The van der Waals surface area contributed by atoms with Gasteiger partial charge in [-0.15, -0.1) is 0 Å². The molecule has 30 heavy (non-hydrogen) atoms. The van der Waals surface area contributed by atoms with Gasteiger partial charge in [0, 0.05) is 18.2 Å². The molecule has 9 heteroatoms. The van der Waals surface area contributed by atoms with Gasteiger partial charge in [-0.1, -0.05) is 35.5 Å². The molecule has 3 aromatic rings. The number of benzene rings is 2. The molecule has 1 atom stereocenters. The van der Waals surface area contributed by atoms with Crippen LogP contribution in [0.1, 0.15) is 13.3 Å². The number of anilines is 1. The minimum Gasteiger partial charge on any atom is -0.495 e. The largest absolute Gasteiger partial charge is 0.495 e. The van der Waals surface area contributed by atoms with Gasteiger partial charge in [0.05, 0.1) is 29.0 Å². The van der Waals surface area contributed by atoms with Crippen LogP contribution in [0.15, 0.2) is 52.4 Å². The number of para-hydroxylation sites is 1. The number of rotatable bonds is 8. The Hall–Kier alpha value is -2.55. The van der Waals surface area contributed by atoms with Crippen molar-refractivity contribution in [2.24, 2.45) is 0 Å². The Morgan fingerprint density at radius 3 is 2.83 bits per heavy atom. The van der Waals surface area contributed by atoms with Crippen LogP contribution in [-0.4, -0.2) is 39.5 Å². The molecule has 0 aliphatic rings. The first-order valence-electron chi connectivity index (χ1n) is 9.36. The number of aliphatic hydroxyl groups excluding tert-OH is 1. The average molecular weight is 448 g/mol. The Morgan fingerprint density at radius 2 is 2.10 bits per heavy atom. The highest BCUT2D eigenvalue weighted by Gasteiger charge is 2.20. The van der Waals surface area contributed by atoms with Crippen molar-refractivity contribution in [3.8, 4) is 5.75 Å². The van der Waals surface area contributed by atoms with E-state index >= 15 is 0 Å². The number of halogens is 1. The van der Waals surface area contributed by atoms with Crippen LogP contribution >= 0.6 is 23.4 Å². The van der Waals surface area contributed by atoms with Crippen molar-refractivity contribution in [1.29, 1.82) is 0 Å². The summed E-state index contributed by atoms with van der Waals surface area (Å²) in [6.07, 6.45) is 0.410. The quantitative estimate of drug-likeness (QED) is 0.405. The van der Waals surface area contributed by atoms with Crippen molar-refractivity contribution in [3.05, 3.63) is 57.8 Å². The fourth-order valence-electron chi connectivity index (χ4n) is 2.89. The van der Waals surface area contributed by atoms with Gasteiger partial charge in [-0.2, -0.15) is 0 Å². The van der Waals surface area contributed by atoms with E-state index in [4.69, 9.17) is 16.3 Å². The number of hydrogen-bond acceptors (Lipinski definition) is 6. The van der Waals surface area contributed by atoms with Gasteiger partial charge in [-0.25, -0.2) is 4.98 Å². The fourth-order valence-corrected chi connectivity index (χ4v) is 3.99. The lowest BCUT2D eigenvalue weighted by atomic mass is 10.2. The van der Waals surface area contributed by atoms with Gasteiger partial charge >= 0.3 is 0 Å². The number of carbonyl (C=O) groups is 1. The Morgan fingerprint density at radius 1 is 1.33 bits per heavy atom. The van der Waals surface area contributed by atoms with Crippen LogP contribution in [0.5, 0.6) is 5.75 Å². The van der Waals surface area contributed by atoms with Crippen molar-refractivity contribution in [2.45, 2.75) is 30.3 Å². The molecule has 0 spiro atoms. The maximum absolute atomic E-state index is 12.9. The van der Waals surface area contributed by atoms with Crippen LogP contribution in [0, 0.1) is 0 Å². The molecule has 3 rings (SSSR count). The van der Waals surface area contributed by atoms with E-state index in [9.17, 15) is 14.7 Å². The van der Waals surface area contributed by atoms with E-state index < -0.39 is 5.25 Å². The first-order valence-corrected chi connectivity index (χ1v) is 10.6. The average Bonchev–Trinajstić information content (AvgIpc) is 2.73. The molecule has 2 aromatic carbocycles. The van der Waals surface area contributed by atoms with Gasteiger partial charge in [0.15, 0.2) is 5.16 Å². The molecule has 0 bridgehead atoms. The Labute approximate surface area is 183 Å². The summed E-state index contributed by atoms with van der Waals surface area (Å²) in [6, 6.07) is 12.0. The van der Waals surface area contributed by atoms with E-state index in [1.54, 1.807) is 43.3 Å². The third-order valence-electron chi connectivity index (χ3n) is 4.44. The number of carbonyl (C=O) groups excluding carboxylic acids is 1. The van der Waals surface area contributed by atoms with Crippen molar-refractivity contribution < 1.29 is 14.6 Å². The summed E-state index contributed by atoms with van der Waals surface area (Å²) in [4.78, 5) is 30.3. The molecular weight excluding hydrogens is 426 g/mol. The minimum absolute atomic E-state index is 0.0476. The molecule has 0 unspecified atom stereocenters. The summed E-state index contributed by atoms with van der Waals surface area (Å²) in [5.41, 5.74) is 0.835. The lowest BCUT2D eigenvalue weighted by molar-refractivity contribution is -0.115. The van der Waals surface area contributed by atoms with Crippen LogP contribution in [-0.2, 0) is 11.3 Å². The van der Waals surface area contributed by atoms with E-state index in [1.807, 2.05) is 6.07 Å². The zero-order valence-corrected chi connectivity index (χ0v) is 18.2. The molecule has 0 aliphatic heterocycles. The summed E-state index contributed by atoms with van der Waals surface area (Å²) >= 11 is 7.21. The number of nitrogens with one attached hydrogen (secondary N) is 1. The number of thioether (sulfide) groups is 1. The zero-order valence-electron chi connectivity index (χ0n) is 16.6. The fraction of sp³-hybridized carbons (Fsp3) is 0.286. The molecule has 1 heterocycles. The number of hydrogen-bond donors (Lipinski definition) is 2. The second-order valence-electron chi connectivity index (χ2n) is 6.54. The van der Waals surface area contributed by atoms with Crippen LogP contribution in [0.3, 0.4) is 0 Å². The third-order valence-corrected chi connectivity index (χ3v) is 5.76. The molecule has 0 aliphatic carbocycles. The topological polar surface area (TPSA) is 93.5 Å². The smallest absolute Gasteiger partial charge is 0.262 e. The van der Waals surface area contributed by atoms with Gasteiger partial charge in [0.25, 0.3) is 5.56 Å². The SMILES string of the molecule is COc1ccc(Cl)cc1NC(=O)[C@H](C)Sc1nc2ccccc2c(=O)n1CCCO. The molecular formula is C21H22ClN3O4S. The van der Waals surface area contributed by atoms with E-state index in [2.05, 4.69) is 10.3 Å². The second kappa shape index (κ2) is 9.97. The molecule has 0 fully saturated rings. The predicted octanol–water partition coefficient (Wildman–Crippen LogP) is 3.56. The van der Waals surface area contributed by atoms with Crippen LogP contribution in [0.25, 0.3) is 10.9 Å². The Bertz CT molecular complexity index is 1120. The highest BCUT2D eigenvalue weighted by Crippen LogP contribution is 2.29. The molecule has 0 saturated heterocycles. The molecule has 0 radical (unpaired) electrons. The summed E-state index contributed by atoms with van der Waals surface area (Å²) in [6.45, 7) is 1.99. The van der Waals surface area contributed by atoms with E-state index in [0.29, 0.717) is 45.5 Å². The predicted molar refractivity (Wildman–Crippen MR) is 120 cm³/mol. The molecule has 2 N–H and O–H groups in total. The van der Waals surface area contributed by atoms with E-state index in [-0.39, 0.29) is 18.1 Å². The number of aromatic nitrogens is 2. The summed E-state index contributed by atoms with van der Waals surface area (Å²) in [5, 5.41) is 12.9. The van der Waals surface area contributed by atoms with Crippen LogP contribution < -0.4 is 15.6 Å². The number of ether oxygens (including phenoxy) is 1. The molecule has 1 amide bonds. The molecule has 0 saturated carbocycles. The summed E-state index contributed by atoms with van der Waals surface area (Å²) in [7, 11) is 1.51. The van der Waals surface area contributed by atoms with Gasteiger partial charge in [-0.05, 0) is 43.7 Å². The Kier molecular flexibility index (Phi) is 7.36. The normalized spacial score (nSPS) is 12.0. The minimum atomic E-state index is -0.554. The lowest BCUT2D eigenvalue weighted by Crippen LogP contribution is -2.27. The third kappa shape index (κ3) is 4.95. The van der Waals surface area contributed by atoms with Gasteiger partial charge in [-0.3, -0.25) is 14.2 Å². The number of fused-ring (bicyclic) bond motifs is 1. The summed E-state index contributed by atoms with van der Waals surface area (Å²) in [5.74, 6) is 0.213. The number of amides is 1. The van der Waals surface area contributed by atoms with Crippen LogP contribution in [0.4, 0.5) is 5.69 Å². The molecule has 1 aromatic heterocycles. The molecule has 158 valence electrons. The van der Waals surface area contributed by atoms with E-state index in [1.165, 1.54) is 23.4 Å². The van der Waals surface area contributed by atoms with Gasteiger partial charge in [0.2, 0.25) is 5.91 Å². The number of nitrogens with zero attached hydrogens (tertiary/aromatic N) is 2. The lowest BCUT2D eigenvalue weighted by Gasteiger charge is -2.17. The maximum Gasteiger partial charge on any atom is 0.262 e. The second-order valence-corrected chi connectivity index (χ2v) is 8.28. The van der Waals surface area contributed by atoms with Crippen molar-refractivity contribution >= 4 is 45.9 Å². The van der Waals surface area contributed by atoms with Crippen LogP contribution in [0.2, 0.25) is 5.02 Å². The monoisotopic (exact) mass is 447 g/mol. The highest BCUT2D eigenvalue weighted by atomic mass is 35.5.